The molecule has 0 heterocycles. The van der Waals surface area contributed by atoms with E-state index in [0.717, 1.165) is 10.5 Å². The van der Waals surface area contributed by atoms with E-state index in [1.807, 2.05) is 27.7 Å². The van der Waals surface area contributed by atoms with Crippen molar-refractivity contribution < 1.29 is 22.4 Å². The first-order chi connectivity index (χ1) is 7.30. The van der Waals surface area contributed by atoms with Gasteiger partial charge in [-0.1, -0.05) is 0 Å². The smallest absolute Gasteiger partial charge is 0.404 e. The Kier molecular flexibility index (Phi) is 12.1. The predicted molar refractivity (Wildman–Crippen MR) is 69.5 cm³/mol. The van der Waals surface area contributed by atoms with E-state index in [9.17, 15) is 0 Å². The fourth-order valence-electron chi connectivity index (χ4n) is 0.577. The molecule has 7 heteroatoms. The molecular weight excluding hydrogens is 244 g/mol. The van der Waals surface area contributed by atoms with E-state index in [1.54, 1.807) is 21.3 Å². The van der Waals surface area contributed by atoms with Crippen LogP contribution in [0.1, 0.15) is 27.7 Å². The van der Waals surface area contributed by atoms with Crippen LogP contribution in [0.25, 0.3) is 0 Å². The lowest BCUT2D eigenvalue weighted by atomic mass is 10.2. The second-order valence-electron chi connectivity index (χ2n) is 4.03. The van der Waals surface area contributed by atoms with Crippen molar-refractivity contribution in [2.75, 3.05) is 21.3 Å². The molecule has 0 amide bonds. The third kappa shape index (κ3) is 14.2. The number of methoxy groups -OCH3 is 1. The van der Waals surface area contributed by atoms with Crippen LogP contribution >= 0.6 is 0 Å². The van der Waals surface area contributed by atoms with Crippen molar-refractivity contribution in [3.8, 4) is 0 Å². The summed E-state index contributed by atoms with van der Waals surface area (Å²) >= 11 is 0. The van der Waals surface area contributed by atoms with Crippen LogP contribution in [0.4, 0.5) is 0 Å². The maximum absolute atomic E-state index is 5.43. The van der Waals surface area contributed by atoms with Gasteiger partial charge in [0.05, 0.1) is 5.60 Å². The largest absolute Gasteiger partial charge is 0.484 e. The summed E-state index contributed by atoms with van der Waals surface area (Å²) in [6, 6.07) is 0. The summed E-state index contributed by atoms with van der Waals surface area (Å²) in [4.78, 5) is 0. The normalized spacial score (nSPS) is 13.5. The molecule has 0 aromatic carbocycles. The van der Waals surface area contributed by atoms with Gasteiger partial charge in [0.25, 0.3) is 0 Å². The molecule has 0 spiro atoms. The van der Waals surface area contributed by atoms with E-state index >= 15 is 0 Å². The van der Waals surface area contributed by atoms with Crippen LogP contribution in [0.3, 0.4) is 0 Å². The third-order valence-corrected chi connectivity index (χ3v) is 3.83. The molecule has 0 saturated carbocycles. The Morgan fingerprint density at radius 1 is 1.06 bits per heavy atom. The Hall–Kier alpha value is 0.234. The van der Waals surface area contributed by atoms with Gasteiger partial charge >= 0.3 is 9.53 Å². The second kappa shape index (κ2) is 10.4. The van der Waals surface area contributed by atoms with Crippen LogP contribution in [0.2, 0.25) is 0 Å². The number of ether oxygens (including phenoxy) is 1. The van der Waals surface area contributed by atoms with Gasteiger partial charge in [0.2, 0.25) is 0 Å². The summed E-state index contributed by atoms with van der Waals surface area (Å²) in [7, 11) is 3.77. The van der Waals surface area contributed by atoms with Crippen molar-refractivity contribution in [3.63, 3.8) is 0 Å². The molecule has 0 N–H and O–H groups in total. The first kappa shape index (κ1) is 18.6. The van der Waals surface area contributed by atoms with Crippen LogP contribution in [0, 0.1) is 0 Å². The molecule has 100 valence electrons. The first-order valence-corrected chi connectivity index (χ1v) is 7.32. The van der Waals surface area contributed by atoms with Crippen LogP contribution in [-0.2, 0) is 22.4 Å². The molecule has 0 radical (unpaired) electrons. The lowest BCUT2D eigenvalue weighted by Gasteiger charge is -2.23. The fourth-order valence-corrected chi connectivity index (χ4v) is 1.73. The lowest BCUT2D eigenvalue weighted by Crippen LogP contribution is -2.34. The van der Waals surface area contributed by atoms with E-state index in [2.05, 4.69) is 0 Å². The highest BCUT2D eigenvalue weighted by Gasteiger charge is 2.20. The summed E-state index contributed by atoms with van der Waals surface area (Å²) in [6.07, 6.45) is -0.00309. The number of rotatable bonds is 5. The molecule has 0 aliphatic heterocycles. The van der Waals surface area contributed by atoms with E-state index in [0.29, 0.717) is 0 Å². The Morgan fingerprint density at radius 3 is 1.56 bits per heavy atom. The van der Waals surface area contributed by atoms with Gasteiger partial charge in [-0.25, -0.2) is 0 Å². The molecule has 0 rings (SSSR count). The van der Waals surface area contributed by atoms with Crippen molar-refractivity contribution in [1.29, 1.82) is 0 Å². The molecule has 0 aliphatic carbocycles. The molecule has 0 fully saturated rings. The van der Waals surface area contributed by atoms with E-state index in [4.69, 9.17) is 22.4 Å². The topological polar surface area (TPSA) is 46.2 Å². The van der Waals surface area contributed by atoms with Gasteiger partial charge in [0, 0.05) is 21.3 Å². The highest BCUT2D eigenvalue weighted by atomic mass is 28.3. The third-order valence-electron chi connectivity index (χ3n) is 1.50. The van der Waals surface area contributed by atoms with Crippen LogP contribution < -0.4 is 0 Å². The maximum Gasteiger partial charge on any atom is 0.484 e. The van der Waals surface area contributed by atoms with Crippen molar-refractivity contribution in [1.82, 2.24) is 0 Å². The minimum absolute atomic E-state index is 0.00309. The second-order valence-corrected chi connectivity index (χ2v) is 6.26. The summed E-state index contributed by atoms with van der Waals surface area (Å²) in [5.41, 5.74) is -0.164. The Labute approximate surface area is 104 Å². The van der Waals surface area contributed by atoms with Crippen molar-refractivity contribution in [3.05, 3.63) is 0 Å². The van der Waals surface area contributed by atoms with Crippen LogP contribution in [0.15, 0.2) is 0 Å². The summed E-state index contributed by atoms with van der Waals surface area (Å²) in [6.45, 7) is 7.80. The SMILES string of the molecule is COC(C)O[SiH3].CO[SiH](OC)OC(C)(C)C. The average molecular weight is 270 g/mol. The highest BCUT2D eigenvalue weighted by Crippen LogP contribution is 2.08. The van der Waals surface area contributed by atoms with Gasteiger partial charge in [-0.05, 0) is 27.7 Å². The minimum Gasteiger partial charge on any atom is -0.404 e. The Bertz CT molecular complexity index is 143. The average Bonchev–Trinajstić information content (AvgIpc) is 2.24. The van der Waals surface area contributed by atoms with Gasteiger partial charge in [-0.2, -0.15) is 0 Å². The molecule has 0 saturated heterocycles. The van der Waals surface area contributed by atoms with Gasteiger partial charge in [0.1, 0.15) is 16.8 Å². The minimum atomic E-state index is -1.82. The molecule has 0 aromatic heterocycles. The lowest BCUT2D eigenvalue weighted by molar-refractivity contribution is -0.0334. The summed E-state index contributed by atoms with van der Waals surface area (Å²) in [5, 5.41) is 0. The monoisotopic (exact) mass is 270 g/mol. The standard InChI is InChI=1S/C6H16O3Si.C3H10O2Si/c1-6(2,3)9-10(7-4)8-5;1-3(4-2)5-6/h10H,1-5H3;3H,1-2,6H3. The van der Waals surface area contributed by atoms with Gasteiger partial charge in [0.15, 0.2) is 0 Å². The molecule has 1 unspecified atom stereocenters. The molecule has 0 aliphatic rings. The van der Waals surface area contributed by atoms with Gasteiger partial charge < -0.3 is 22.4 Å². The van der Waals surface area contributed by atoms with E-state index in [1.165, 1.54) is 0 Å². The van der Waals surface area contributed by atoms with Crippen molar-refractivity contribution >= 4 is 20.0 Å². The summed E-state index contributed by atoms with van der Waals surface area (Å²) in [5.74, 6) is 0. The maximum atomic E-state index is 5.43. The van der Waals surface area contributed by atoms with Crippen LogP contribution in [0.5, 0.6) is 0 Å². The zero-order valence-electron chi connectivity index (χ0n) is 11.7. The quantitative estimate of drug-likeness (QED) is 0.523. The predicted octanol–water partition coefficient (Wildman–Crippen LogP) is 0.0873. The van der Waals surface area contributed by atoms with Gasteiger partial charge in [-0.3, -0.25) is 0 Å². The highest BCUT2D eigenvalue weighted by molar-refractivity contribution is 6.36. The molecule has 16 heavy (non-hydrogen) atoms. The first-order valence-electron chi connectivity index (χ1n) is 5.09. The van der Waals surface area contributed by atoms with Crippen LogP contribution in [-0.4, -0.2) is 53.2 Å². The zero-order chi connectivity index (χ0) is 13.2. The molecule has 1 atom stereocenters. The molecular formula is C9H26O5Si2. The number of hydrogen-bond donors (Lipinski definition) is 0. The van der Waals surface area contributed by atoms with Crippen molar-refractivity contribution in [2.45, 2.75) is 39.6 Å². The summed E-state index contributed by atoms with van der Waals surface area (Å²) < 4.78 is 24.9. The molecule has 0 bridgehead atoms. The van der Waals surface area contributed by atoms with Gasteiger partial charge in [-0.15, -0.1) is 0 Å². The van der Waals surface area contributed by atoms with E-state index in [-0.39, 0.29) is 11.9 Å². The Balaban J connectivity index is 0. The van der Waals surface area contributed by atoms with E-state index < -0.39 is 9.53 Å². The zero-order valence-corrected chi connectivity index (χ0v) is 14.9. The van der Waals surface area contributed by atoms with Crippen molar-refractivity contribution in [2.24, 2.45) is 0 Å². The molecule has 0 aromatic rings. The molecule has 5 nitrogen and oxygen atoms in total. The Morgan fingerprint density at radius 2 is 1.50 bits per heavy atom. The fraction of sp³-hybridized carbons (Fsp3) is 1.00. The number of hydrogen-bond acceptors (Lipinski definition) is 5.